The van der Waals surface area contributed by atoms with Gasteiger partial charge >= 0.3 is 0 Å². The summed E-state index contributed by atoms with van der Waals surface area (Å²) >= 11 is 0. The lowest BCUT2D eigenvalue weighted by Crippen LogP contribution is -2.20. The van der Waals surface area contributed by atoms with Crippen LogP contribution in [-0.2, 0) is 9.53 Å². The van der Waals surface area contributed by atoms with Crippen molar-refractivity contribution in [2.45, 2.75) is 27.2 Å². The van der Waals surface area contributed by atoms with E-state index in [-0.39, 0.29) is 18.6 Å². The zero-order valence-corrected chi connectivity index (χ0v) is 11.2. The molecule has 0 aliphatic rings. The average molecular weight is 251 g/mol. The summed E-state index contributed by atoms with van der Waals surface area (Å²) < 4.78 is 10.6. The maximum Gasteiger partial charge on any atom is 0.227 e. The highest BCUT2D eigenvalue weighted by atomic mass is 16.7. The van der Waals surface area contributed by atoms with Crippen LogP contribution in [0.4, 0.5) is 5.69 Å². The summed E-state index contributed by atoms with van der Waals surface area (Å²) in [5.74, 6) is 0.623. The van der Waals surface area contributed by atoms with Crippen molar-refractivity contribution in [1.82, 2.24) is 0 Å². The summed E-state index contributed by atoms with van der Waals surface area (Å²) in [5, 5.41) is 2.87. The molecular weight excluding hydrogens is 230 g/mol. The molecule has 0 bridgehead atoms. The number of hydrogen-bond donors (Lipinski definition) is 1. The molecule has 4 nitrogen and oxygen atoms in total. The normalized spacial score (nSPS) is 11.9. The van der Waals surface area contributed by atoms with Gasteiger partial charge in [0.05, 0.1) is 5.69 Å². The highest BCUT2D eigenvalue weighted by Gasteiger charge is 2.12. The Hall–Kier alpha value is -1.55. The van der Waals surface area contributed by atoms with Crippen molar-refractivity contribution >= 4 is 11.6 Å². The monoisotopic (exact) mass is 251 g/mol. The Kier molecular flexibility index (Phi) is 6.22. The van der Waals surface area contributed by atoms with Crippen LogP contribution in [0.3, 0.4) is 0 Å². The van der Waals surface area contributed by atoms with Crippen LogP contribution in [0.2, 0.25) is 0 Å². The van der Waals surface area contributed by atoms with E-state index < -0.39 is 0 Å². The SMILES string of the molecule is CCOCOc1ccccc1NC(=O)C(C)CC. The molecule has 1 unspecified atom stereocenters. The zero-order valence-electron chi connectivity index (χ0n) is 11.2. The van der Waals surface area contributed by atoms with Crippen LogP contribution in [0.25, 0.3) is 0 Å². The maximum absolute atomic E-state index is 11.8. The van der Waals surface area contributed by atoms with Gasteiger partial charge in [0.25, 0.3) is 0 Å². The molecule has 1 atom stereocenters. The number of hydrogen-bond acceptors (Lipinski definition) is 3. The first-order chi connectivity index (χ1) is 8.69. The molecule has 1 aromatic rings. The number of para-hydroxylation sites is 2. The Balaban J connectivity index is 2.66. The summed E-state index contributed by atoms with van der Waals surface area (Å²) in [7, 11) is 0. The van der Waals surface area contributed by atoms with E-state index in [0.717, 1.165) is 6.42 Å². The fraction of sp³-hybridized carbons (Fsp3) is 0.500. The molecule has 0 fully saturated rings. The van der Waals surface area contributed by atoms with Crippen molar-refractivity contribution in [2.24, 2.45) is 5.92 Å². The van der Waals surface area contributed by atoms with E-state index in [0.29, 0.717) is 18.0 Å². The number of carbonyl (C=O) groups is 1. The molecule has 1 amide bonds. The molecule has 100 valence electrons. The molecule has 0 saturated heterocycles. The number of anilines is 1. The third-order valence-corrected chi connectivity index (χ3v) is 2.71. The lowest BCUT2D eigenvalue weighted by Gasteiger charge is -2.14. The summed E-state index contributed by atoms with van der Waals surface area (Å²) in [6.07, 6.45) is 0.813. The van der Waals surface area contributed by atoms with E-state index in [9.17, 15) is 4.79 Å². The minimum atomic E-state index is -0.00931. The van der Waals surface area contributed by atoms with E-state index in [1.807, 2.05) is 45.0 Å². The molecule has 0 spiro atoms. The minimum Gasteiger partial charge on any atom is -0.465 e. The minimum absolute atomic E-state index is 0.00459. The number of ether oxygens (including phenoxy) is 2. The molecular formula is C14H21NO3. The van der Waals surface area contributed by atoms with Crippen molar-refractivity contribution in [3.8, 4) is 5.75 Å². The van der Waals surface area contributed by atoms with Gasteiger partial charge in [0.2, 0.25) is 5.91 Å². The number of rotatable bonds is 7. The van der Waals surface area contributed by atoms with Crippen molar-refractivity contribution in [2.75, 3.05) is 18.7 Å². The molecule has 0 aromatic heterocycles. The van der Waals surface area contributed by atoms with E-state index >= 15 is 0 Å². The second-order valence-corrected chi connectivity index (χ2v) is 4.05. The lowest BCUT2D eigenvalue weighted by molar-refractivity contribution is -0.119. The first-order valence-corrected chi connectivity index (χ1v) is 6.29. The molecule has 1 N–H and O–H groups in total. The molecule has 1 aromatic carbocycles. The Morgan fingerprint density at radius 2 is 2.06 bits per heavy atom. The topological polar surface area (TPSA) is 47.6 Å². The van der Waals surface area contributed by atoms with Crippen LogP contribution in [0.1, 0.15) is 27.2 Å². The third-order valence-electron chi connectivity index (χ3n) is 2.71. The fourth-order valence-electron chi connectivity index (χ4n) is 1.33. The predicted octanol–water partition coefficient (Wildman–Crippen LogP) is 3.04. The van der Waals surface area contributed by atoms with Gasteiger partial charge in [-0.3, -0.25) is 4.79 Å². The smallest absolute Gasteiger partial charge is 0.227 e. The predicted molar refractivity (Wildman–Crippen MR) is 71.6 cm³/mol. The maximum atomic E-state index is 11.8. The second-order valence-electron chi connectivity index (χ2n) is 4.05. The average Bonchev–Trinajstić information content (AvgIpc) is 2.40. The van der Waals surface area contributed by atoms with Crippen molar-refractivity contribution in [3.05, 3.63) is 24.3 Å². The van der Waals surface area contributed by atoms with Crippen LogP contribution in [0.15, 0.2) is 24.3 Å². The quantitative estimate of drug-likeness (QED) is 0.598. The van der Waals surface area contributed by atoms with Crippen LogP contribution in [-0.4, -0.2) is 19.3 Å². The van der Waals surface area contributed by atoms with Gasteiger partial charge < -0.3 is 14.8 Å². The van der Waals surface area contributed by atoms with E-state index in [4.69, 9.17) is 9.47 Å². The molecule has 1 rings (SSSR count). The fourth-order valence-corrected chi connectivity index (χ4v) is 1.33. The van der Waals surface area contributed by atoms with Crippen LogP contribution < -0.4 is 10.1 Å². The first kappa shape index (κ1) is 14.5. The van der Waals surface area contributed by atoms with E-state index in [2.05, 4.69) is 5.32 Å². The molecule has 0 aliphatic carbocycles. The third kappa shape index (κ3) is 4.37. The molecule has 0 radical (unpaired) electrons. The van der Waals surface area contributed by atoms with Crippen molar-refractivity contribution in [3.63, 3.8) is 0 Å². The van der Waals surface area contributed by atoms with Gasteiger partial charge in [-0.1, -0.05) is 26.0 Å². The largest absolute Gasteiger partial charge is 0.465 e. The summed E-state index contributed by atoms with van der Waals surface area (Å²) in [4.78, 5) is 11.8. The van der Waals surface area contributed by atoms with E-state index in [1.54, 1.807) is 0 Å². The molecule has 0 aliphatic heterocycles. The van der Waals surface area contributed by atoms with Crippen LogP contribution in [0.5, 0.6) is 5.75 Å². The lowest BCUT2D eigenvalue weighted by atomic mass is 10.1. The Morgan fingerprint density at radius 3 is 2.72 bits per heavy atom. The van der Waals surface area contributed by atoms with Gasteiger partial charge in [-0.05, 0) is 25.5 Å². The number of benzene rings is 1. The second kappa shape index (κ2) is 7.71. The van der Waals surface area contributed by atoms with Crippen LogP contribution in [0, 0.1) is 5.92 Å². The Morgan fingerprint density at radius 1 is 1.33 bits per heavy atom. The van der Waals surface area contributed by atoms with Gasteiger partial charge in [-0.25, -0.2) is 0 Å². The molecule has 18 heavy (non-hydrogen) atoms. The van der Waals surface area contributed by atoms with Crippen molar-refractivity contribution < 1.29 is 14.3 Å². The standard InChI is InChI=1S/C14H21NO3/c1-4-11(3)14(16)15-12-8-6-7-9-13(12)18-10-17-5-2/h6-9,11H,4-5,10H2,1-3H3,(H,15,16). The zero-order chi connectivity index (χ0) is 13.4. The number of nitrogens with one attached hydrogen (secondary N) is 1. The molecule has 4 heteroatoms. The Labute approximate surface area is 108 Å². The number of amides is 1. The number of carbonyl (C=O) groups excluding carboxylic acids is 1. The van der Waals surface area contributed by atoms with E-state index in [1.165, 1.54) is 0 Å². The highest BCUT2D eigenvalue weighted by Crippen LogP contribution is 2.24. The summed E-state index contributed by atoms with van der Waals surface area (Å²) in [5.41, 5.74) is 0.683. The summed E-state index contributed by atoms with van der Waals surface area (Å²) in [6, 6.07) is 7.35. The highest BCUT2D eigenvalue weighted by molar-refractivity contribution is 5.93. The molecule has 0 heterocycles. The van der Waals surface area contributed by atoms with Gasteiger partial charge in [0.1, 0.15) is 5.75 Å². The molecule has 0 saturated carbocycles. The van der Waals surface area contributed by atoms with Gasteiger partial charge in [-0.15, -0.1) is 0 Å². The van der Waals surface area contributed by atoms with Gasteiger partial charge in [0.15, 0.2) is 6.79 Å². The van der Waals surface area contributed by atoms with Crippen molar-refractivity contribution in [1.29, 1.82) is 0 Å². The summed E-state index contributed by atoms with van der Waals surface area (Å²) in [6.45, 7) is 6.58. The first-order valence-electron chi connectivity index (χ1n) is 6.29. The van der Waals surface area contributed by atoms with Gasteiger partial charge in [-0.2, -0.15) is 0 Å². The van der Waals surface area contributed by atoms with Crippen LogP contribution >= 0.6 is 0 Å². The van der Waals surface area contributed by atoms with Gasteiger partial charge in [0, 0.05) is 12.5 Å². The Bertz CT molecular complexity index is 379.